The summed E-state index contributed by atoms with van der Waals surface area (Å²) in [6, 6.07) is 31.0. The number of hydrogen-bond donors (Lipinski definition) is 0. The fourth-order valence-corrected chi connectivity index (χ4v) is 7.95. The van der Waals surface area contributed by atoms with Crippen molar-refractivity contribution in [2.24, 2.45) is 0 Å². The average molecular weight is 599 g/mol. The third-order valence-electron chi connectivity index (χ3n) is 10.6. The van der Waals surface area contributed by atoms with E-state index < -0.39 is 0 Å². The molecule has 0 N–H and O–H groups in total. The van der Waals surface area contributed by atoms with Crippen molar-refractivity contribution in [3.8, 4) is 33.4 Å². The third-order valence-corrected chi connectivity index (χ3v) is 10.6. The number of hydrogen-bond acceptors (Lipinski definition) is 0. The van der Waals surface area contributed by atoms with E-state index in [2.05, 4.69) is 113 Å². The summed E-state index contributed by atoms with van der Waals surface area (Å²) in [5.74, 6) is 0. The summed E-state index contributed by atoms with van der Waals surface area (Å²) in [5, 5.41) is 0. The van der Waals surface area contributed by atoms with E-state index in [4.69, 9.17) is 0 Å². The lowest BCUT2D eigenvalue weighted by Crippen LogP contribution is -2.25. The van der Waals surface area contributed by atoms with E-state index in [1.54, 1.807) is 11.1 Å². The summed E-state index contributed by atoms with van der Waals surface area (Å²) in [7, 11) is 0. The van der Waals surface area contributed by atoms with Crippen LogP contribution in [-0.2, 0) is 11.8 Å². The van der Waals surface area contributed by atoms with Gasteiger partial charge in [-0.15, -0.1) is 0 Å². The minimum absolute atomic E-state index is 0.123. The molecule has 1 aliphatic rings. The molecule has 0 radical (unpaired) electrons. The first-order valence-electron chi connectivity index (χ1n) is 18.5. The van der Waals surface area contributed by atoms with Gasteiger partial charge in [-0.25, -0.2) is 0 Å². The molecule has 0 aliphatic heterocycles. The predicted molar refractivity (Wildman–Crippen MR) is 198 cm³/mol. The van der Waals surface area contributed by atoms with Gasteiger partial charge in [0.25, 0.3) is 0 Å². The Bertz CT molecular complexity index is 1500. The molecule has 0 atom stereocenters. The summed E-state index contributed by atoms with van der Waals surface area (Å²) in [4.78, 5) is 0. The Morgan fingerprint density at radius 1 is 0.422 bits per heavy atom. The van der Waals surface area contributed by atoms with Crippen LogP contribution in [0.1, 0.15) is 138 Å². The normalized spacial score (nSPS) is 13.2. The van der Waals surface area contributed by atoms with E-state index >= 15 is 0 Å². The zero-order chi connectivity index (χ0) is 31.6. The minimum atomic E-state index is 0.123. The van der Waals surface area contributed by atoms with Gasteiger partial charge in [0.15, 0.2) is 0 Å². The molecule has 0 aromatic heterocycles. The lowest BCUT2D eigenvalue weighted by molar-refractivity contribution is 0.398. The Balaban J connectivity index is 1.52. The maximum atomic E-state index is 2.61. The minimum Gasteiger partial charge on any atom is -0.0654 e. The summed E-state index contributed by atoms with van der Waals surface area (Å²) in [6.07, 6.45) is 19.8. The smallest absolute Gasteiger partial charge is 0.0215 e. The highest BCUT2D eigenvalue weighted by atomic mass is 14.4. The second kappa shape index (κ2) is 15.9. The Morgan fingerprint density at radius 3 is 1.49 bits per heavy atom. The van der Waals surface area contributed by atoms with Gasteiger partial charge in [0.2, 0.25) is 0 Å². The second-order valence-corrected chi connectivity index (χ2v) is 14.0. The molecule has 4 aromatic carbocycles. The van der Waals surface area contributed by atoms with Crippen molar-refractivity contribution < 1.29 is 0 Å². The molecule has 0 nitrogen and oxygen atoms in total. The van der Waals surface area contributed by atoms with Gasteiger partial charge in [-0.2, -0.15) is 0 Å². The van der Waals surface area contributed by atoms with Crippen molar-refractivity contribution in [2.75, 3.05) is 0 Å². The van der Waals surface area contributed by atoms with Crippen LogP contribution in [0.2, 0.25) is 0 Å². The molecule has 238 valence electrons. The molecule has 0 unspecified atom stereocenters. The largest absolute Gasteiger partial charge is 0.0654 e. The first kappa shape index (κ1) is 33.2. The predicted octanol–water partition coefficient (Wildman–Crippen LogP) is 14.0. The molecule has 0 fully saturated rings. The molecule has 5 rings (SSSR count). The standard InChI is InChI=1S/C45H58/c1-6-9-11-13-15-17-29-45(30-18-16-14-12-10-7-2)43-31-35(5)21-26-41(43)42-28-25-39(33-44(42)45)38-24-27-40(36(8-3)32-38)37-22-19-34(4)20-23-37/h19-28,31-33H,6-18,29-30H2,1-5H3. The maximum Gasteiger partial charge on any atom is 0.0215 e. The zero-order valence-corrected chi connectivity index (χ0v) is 29.1. The molecule has 0 heterocycles. The summed E-state index contributed by atoms with van der Waals surface area (Å²) >= 11 is 0. The molecular weight excluding hydrogens is 540 g/mol. The molecule has 4 aromatic rings. The molecule has 1 aliphatic carbocycles. The average Bonchev–Trinajstić information content (AvgIpc) is 3.32. The van der Waals surface area contributed by atoms with Crippen LogP contribution < -0.4 is 0 Å². The van der Waals surface area contributed by atoms with Gasteiger partial charge >= 0.3 is 0 Å². The van der Waals surface area contributed by atoms with Crippen LogP contribution in [0.4, 0.5) is 0 Å². The Morgan fingerprint density at radius 2 is 0.889 bits per heavy atom. The van der Waals surface area contributed by atoms with E-state index in [9.17, 15) is 0 Å². The van der Waals surface area contributed by atoms with Crippen molar-refractivity contribution in [2.45, 2.75) is 136 Å². The van der Waals surface area contributed by atoms with E-state index in [0.29, 0.717) is 0 Å². The lowest BCUT2D eigenvalue weighted by atomic mass is 9.70. The van der Waals surface area contributed by atoms with E-state index in [0.717, 1.165) is 6.42 Å². The second-order valence-electron chi connectivity index (χ2n) is 14.0. The number of rotatable bonds is 17. The van der Waals surface area contributed by atoms with Crippen LogP contribution in [0, 0.1) is 13.8 Å². The van der Waals surface area contributed by atoms with Crippen LogP contribution in [0.5, 0.6) is 0 Å². The lowest BCUT2D eigenvalue weighted by Gasteiger charge is -2.33. The monoisotopic (exact) mass is 598 g/mol. The molecule has 45 heavy (non-hydrogen) atoms. The van der Waals surface area contributed by atoms with Gasteiger partial charge < -0.3 is 0 Å². The first-order valence-corrected chi connectivity index (χ1v) is 18.5. The van der Waals surface area contributed by atoms with Crippen molar-refractivity contribution in [3.05, 3.63) is 107 Å². The third kappa shape index (κ3) is 7.65. The van der Waals surface area contributed by atoms with E-state index in [1.807, 2.05) is 0 Å². The van der Waals surface area contributed by atoms with Crippen molar-refractivity contribution in [3.63, 3.8) is 0 Å². The van der Waals surface area contributed by atoms with Gasteiger partial charge in [0.1, 0.15) is 0 Å². The Hall–Kier alpha value is -3.12. The van der Waals surface area contributed by atoms with Crippen LogP contribution >= 0.6 is 0 Å². The highest BCUT2D eigenvalue weighted by Crippen LogP contribution is 2.55. The molecule has 0 bridgehead atoms. The molecular formula is C45H58. The van der Waals surface area contributed by atoms with Crippen molar-refractivity contribution >= 4 is 0 Å². The Kier molecular flexibility index (Phi) is 11.8. The number of aryl methyl sites for hydroxylation is 3. The van der Waals surface area contributed by atoms with Crippen LogP contribution in [0.3, 0.4) is 0 Å². The fraction of sp³-hybridized carbons (Fsp3) is 0.467. The summed E-state index contributed by atoms with van der Waals surface area (Å²) < 4.78 is 0. The summed E-state index contributed by atoms with van der Waals surface area (Å²) in [5.41, 5.74) is 15.9. The van der Waals surface area contributed by atoms with Crippen molar-refractivity contribution in [1.29, 1.82) is 0 Å². The Labute approximate surface area is 275 Å². The van der Waals surface area contributed by atoms with Crippen LogP contribution in [0.25, 0.3) is 33.4 Å². The van der Waals surface area contributed by atoms with Gasteiger partial charge in [-0.05, 0) is 89.2 Å². The van der Waals surface area contributed by atoms with Crippen LogP contribution in [-0.4, -0.2) is 0 Å². The molecule has 0 saturated heterocycles. The van der Waals surface area contributed by atoms with E-state index in [-0.39, 0.29) is 5.41 Å². The van der Waals surface area contributed by atoms with Gasteiger partial charge in [-0.1, -0.05) is 182 Å². The molecule has 0 saturated carbocycles. The van der Waals surface area contributed by atoms with Crippen LogP contribution in [0.15, 0.2) is 78.9 Å². The van der Waals surface area contributed by atoms with Crippen molar-refractivity contribution in [1.82, 2.24) is 0 Å². The highest BCUT2D eigenvalue weighted by Gasteiger charge is 2.42. The van der Waals surface area contributed by atoms with Gasteiger partial charge in [0.05, 0.1) is 0 Å². The summed E-state index contributed by atoms with van der Waals surface area (Å²) in [6.45, 7) is 11.4. The van der Waals surface area contributed by atoms with Gasteiger partial charge in [0, 0.05) is 5.41 Å². The number of benzene rings is 4. The highest BCUT2D eigenvalue weighted by molar-refractivity contribution is 5.85. The maximum absolute atomic E-state index is 2.61. The number of unbranched alkanes of at least 4 members (excludes halogenated alkanes) is 10. The quantitative estimate of drug-likeness (QED) is 0.106. The fourth-order valence-electron chi connectivity index (χ4n) is 7.95. The zero-order valence-electron chi connectivity index (χ0n) is 29.1. The molecule has 0 spiro atoms. The van der Waals surface area contributed by atoms with E-state index in [1.165, 1.54) is 140 Å². The first-order chi connectivity index (χ1) is 22.0. The number of fused-ring (bicyclic) bond motifs is 3. The molecule has 0 amide bonds. The van der Waals surface area contributed by atoms with Gasteiger partial charge in [-0.3, -0.25) is 0 Å². The topological polar surface area (TPSA) is 0 Å². The molecule has 0 heteroatoms. The SMILES string of the molecule is CCCCCCCCC1(CCCCCCCC)c2cc(C)ccc2-c2ccc(-c3ccc(-c4ccc(C)cc4)c(CC)c3)cc21.